The molecule has 0 radical (unpaired) electrons. The van der Waals surface area contributed by atoms with E-state index in [0.717, 1.165) is 22.6 Å². The number of aromatic nitrogens is 2. The number of aryl methyl sites for hydroxylation is 2. The van der Waals surface area contributed by atoms with Gasteiger partial charge in [-0.2, -0.15) is 5.10 Å². The summed E-state index contributed by atoms with van der Waals surface area (Å²) in [5.41, 5.74) is 3.22. The zero-order chi connectivity index (χ0) is 16.1. The Hall–Kier alpha value is -2.63. The fourth-order valence-electron chi connectivity index (χ4n) is 2.02. The topological polar surface area (TPSA) is 76.0 Å². The highest BCUT2D eigenvalue weighted by Gasteiger charge is 2.08. The zero-order valence-corrected chi connectivity index (χ0v) is 13.0. The predicted octanol–water partition coefficient (Wildman–Crippen LogP) is 2.49. The Kier molecular flexibility index (Phi) is 4.93. The Balaban J connectivity index is 2.00. The Bertz CT molecular complexity index is 691. The molecule has 6 heteroatoms. The minimum Gasteiger partial charge on any atom is -0.326 e. The van der Waals surface area contributed by atoms with Crippen LogP contribution in [-0.2, 0) is 16.1 Å². The number of rotatable bonds is 5. The minimum absolute atomic E-state index is 0.0368. The molecule has 0 bridgehead atoms. The maximum atomic E-state index is 12.0. The molecule has 0 unspecified atom stereocenters. The second-order valence-electron chi connectivity index (χ2n) is 5.13. The first-order valence-electron chi connectivity index (χ1n) is 7.18. The maximum Gasteiger partial charge on any atom is 0.246 e. The van der Waals surface area contributed by atoms with Crippen LogP contribution < -0.4 is 10.6 Å². The van der Waals surface area contributed by atoms with Crippen molar-refractivity contribution in [1.82, 2.24) is 9.78 Å². The first-order chi connectivity index (χ1) is 10.5. The van der Waals surface area contributed by atoms with E-state index in [2.05, 4.69) is 15.7 Å². The Morgan fingerprint density at radius 2 is 1.91 bits per heavy atom. The summed E-state index contributed by atoms with van der Waals surface area (Å²) >= 11 is 0. The molecule has 116 valence electrons. The first kappa shape index (κ1) is 15.8. The number of nitrogens with one attached hydrogen (secondary N) is 2. The van der Waals surface area contributed by atoms with E-state index < -0.39 is 0 Å². The van der Waals surface area contributed by atoms with Crippen molar-refractivity contribution in [2.75, 3.05) is 10.6 Å². The third-order valence-corrected chi connectivity index (χ3v) is 3.18. The number of carbonyl (C=O) groups is 2. The van der Waals surface area contributed by atoms with Crippen LogP contribution in [0.25, 0.3) is 0 Å². The molecule has 0 aliphatic rings. The summed E-state index contributed by atoms with van der Waals surface area (Å²) in [7, 11) is 0. The van der Waals surface area contributed by atoms with Crippen molar-refractivity contribution in [2.45, 2.75) is 33.7 Å². The van der Waals surface area contributed by atoms with Crippen LogP contribution in [0.4, 0.5) is 11.4 Å². The van der Waals surface area contributed by atoms with Crippen molar-refractivity contribution in [3.8, 4) is 0 Å². The quantitative estimate of drug-likeness (QED) is 0.890. The van der Waals surface area contributed by atoms with E-state index in [1.165, 1.54) is 0 Å². The number of anilines is 2. The molecule has 0 atom stereocenters. The second-order valence-corrected chi connectivity index (χ2v) is 5.13. The summed E-state index contributed by atoms with van der Waals surface area (Å²) in [6, 6.07) is 7.24. The average Bonchev–Trinajstić information content (AvgIpc) is 2.87. The molecule has 0 saturated heterocycles. The Labute approximate surface area is 129 Å². The van der Waals surface area contributed by atoms with Gasteiger partial charge in [0.2, 0.25) is 11.8 Å². The van der Waals surface area contributed by atoms with Crippen molar-refractivity contribution >= 4 is 23.2 Å². The maximum absolute atomic E-state index is 12.0. The molecule has 2 N–H and O–H groups in total. The minimum atomic E-state index is -0.142. The number of benzene rings is 1. The van der Waals surface area contributed by atoms with Crippen LogP contribution in [0.1, 0.15) is 24.6 Å². The summed E-state index contributed by atoms with van der Waals surface area (Å²) < 4.78 is 1.59. The van der Waals surface area contributed by atoms with Gasteiger partial charge in [0.05, 0.1) is 5.69 Å². The van der Waals surface area contributed by atoms with Gasteiger partial charge < -0.3 is 10.6 Å². The van der Waals surface area contributed by atoms with E-state index in [-0.39, 0.29) is 18.4 Å². The molecular formula is C16H20N4O2. The zero-order valence-electron chi connectivity index (χ0n) is 13.0. The van der Waals surface area contributed by atoms with Crippen LogP contribution in [-0.4, -0.2) is 21.6 Å². The van der Waals surface area contributed by atoms with Gasteiger partial charge in [-0.1, -0.05) is 6.92 Å². The molecule has 0 aliphatic heterocycles. The molecule has 0 saturated carbocycles. The van der Waals surface area contributed by atoms with Gasteiger partial charge in [-0.05, 0) is 43.7 Å². The molecule has 1 aromatic carbocycles. The predicted molar refractivity (Wildman–Crippen MR) is 85.7 cm³/mol. The fraction of sp³-hybridized carbons (Fsp3) is 0.312. The molecular weight excluding hydrogens is 280 g/mol. The van der Waals surface area contributed by atoms with Gasteiger partial charge in [0.15, 0.2) is 0 Å². The lowest BCUT2D eigenvalue weighted by Crippen LogP contribution is -2.19. The Morgan fingerprint density at radius 3 is 2.50 bits per heavy atom. The molecule has 22 heavy (non-hydrogen) atoms. The third kappa shape index (κ3) is 4.18. The number of carbonyl (C=O) groups excluding carboxylic acids is 2. The summed E-state index contributed by atoms with van der Waals surface area (Å²) in [6.45, 7) is 5.73. The average molecular weight is 300 g/mol. The molecule has 0 spiro atoms. The van der Waals surface area contributed by atoms with E-state index in [1.807, 2.05) is 26.0 Å². The summed E-state index contributed by atoms with van der Waals surface area (Å²) in [5, 5.41) is 9.82. The SMILES string of the molecule is CCC(=O)Nc1ccc(NC(=O)Cn2ccc(C)n2)c(C)c1. The lowest BCUT2D eigenvalue weighted by molar-refractivity contribution is -0.117. The van der Waals surface area contributed by atoms with E-state index in [4.69, 9.17) is 0 Å². The van der Waals surface area contributed by atoms with E-state index in [1.54, 1.807) is 29.9 Å². The van der Waals surface area contributed by atoms with Crippen LogP contribution in [0.2, 0.25) is 0 Å². The van der Waals surface area contributed by atoms with Gasteiger partial charge in [-0.3, -0.25) is 14.3 Å². The van der Waals surface area contributed by atoms with E-state index in [0.29, 0.717) is 6.42 Å². The summed E-state index contributed by atoms with van der Waals surface area (Å²) in [4.78, 5) is 23.4. The van der Waals surface area contributed by atoms with Crippen molar-refractivity contribution in [1.29, 1.82) is 0 Å². The fourth-order valence-corrected chi connectivity index (χ4v) is 2.02. The highest BCUT2D eigenvalue weighted by atomic mass is 16.2. The van der Waals surface area contributed by atoms with Gasteiger partial charge in [0, 0.05) is 24.0 Å². The number of hydrogen-bond donors (Lipinski definition) is 2. The highest BCUT2D eigenvalue weighted by Crippen LogP contribution is 2.20. The van der Waals surface area contributed by atoms with Crippen LogP contribution in [0, 0.1) is 13.8 Å². The highest BCUT2D eigenvalue weighted by molar-refractivity contribution is 5.93. The smallest absolute Gasteiger partial charge is 0.246 e. The van der Waals surface area contributed by atoms with Gasteiger partial charge >= 0.3 is 0 Å². The van der Waals surface area contributed by atoms with E-state index in [9.17, 15) is 9.59 Å². The third-order valence-electron chi connectivity index (χ3n) is 3.18. The van der Waals surface area contributed by atoms with Crippen molar-refractivity contribution in [3.05, 3.63) is 41.7 Å². The van der Waals surface area contributed by atoms with E-state index >= 15 is 0 Å². The molecule has 0 aliphatic carbocycles. The van der Waals surface area contributed by atoms with Crippen LogP contribution in [0.15, 0.2) is 30.5 Å². The molecule has 2 rings (SSSR count). The standard InChI is InChI=1S/C16H20N4O2/c1-4-15(21)17-13-5-6-14(11(2)9-13)18-16(22)10-20-8-7-12(3)19-20/h5-9H,4,10H2,1-3H3,(H,17,21)(H,18,22). The molecule has 2 aromatic rings. The van der Waals surface area contributed by atoms with Crippen LogP contribution in [0.5, 0.6) is 0 Å². The monoisotopic (exact) mass is 300 g/mol. The van der Waals surface area contributed by atoms with Gasteiger partial charge in [-0.25, -0.2) is 0 Å². The van der Waals surface area contributed by atoms with Gasteiger partial charge in [0.25, 0.3) is 0 Å². The molecule has 2 amide bonds. The molecule has 1 heterocycles. The van der Waals surface area contributed by atoms with Crippen molar-refractivity contribution in [3.63, 3.8) is 0 Å². The lowest BCUT2D eigenvalue weighted by atomic mass is 10.1. The lowest BCUT2D eigenvalue weighted by Gasteiger charge is -2.11. The van der Waals surface area contributed by atoms with Gasteiger partial charge in [-0.15, -0.1) is 0 Å². The molecule has 6 nitrogen and oxygen atoms in total. The van der Waals surface area contributed by atoms with Gasteiger partial charge in [0.1, 0.15) is 6.54 Å². The van der Waals surface area contributed by atoms with Crippen molar-refractivity contribution in [2.24, 2.45) is 0 Å². The first-order valence-corrected chi connectivity index (χ1v) is 7.18. The summed E-state index contributed by atoms with van der Waals surface area (Å²) in [5.74, 6) is -0.179. The second kappa shape index (κ2) is 6.89. The normalized spacial score (nSPS) is 10.3. The molecule has 1 aromatic heterocycles. The number of amides is 2. The number of nitrogens with zero attached hydrogens (tertiary/aromatic N) is 2. The Morgan fingerprint density at radius 1 is 1.14 bits per heavy atom. The van der Waals surface area contributed by atoms with Crippen LogP contribution in [0.3, 0.4) is 0 Å². The van der Waals surface area contributed by atoms with Crippen LogP contribution >= 0.6 is 0 Å². The summed E-state index contributed by atoms with van der Waals surface area (Å²) in [6.07, 6.45) is 2.20. The largest absolute Gasteiger partial charge is 0.326 e. The number of hydrogen-bond acceptors (Lipinski definition) is 3. The van der Waals surface area contributed by atoms with Crippen molar-refractivity contribution < 1.29 is 9.59 Å². The molecule has 0 fully saturated rings.